The fourth-order valence-electron chi connectivity index (χ4n) is 12.5. The maximum atomic E-state index is 16.1. The van der Waals surface area contributed by atoms with Gasteiger partial charge in [0.2, 0.25) is 11.8 Å². The zero-order chi connectivity index (χ0) is 62.1. The number of halogens is 6. The van der Waals surface area contributed by atoms with Crippen molar-refractivity contribution in [3.05, 3.63) is 212 Å². The number of nitro benzene ring substituents is 2. The van der Waals surface area contributed by atoms with Crippen LogP contribution in [-0.2, 0) is 36.7 Å². The number of nitro groups is 2. The van der Waals surface area contributed by atoms with Crippen LogP contribution in [0.5, 0.6) is 0 Å². The van der Waals surface area contributed by atoms with E-state index >= 15 is 4.39 Å². The number of aliphatic hydroxyl groups excluding tert-OH is 2. The second kappa shape index (κ2) is 25.8. The molecule has 2 spiro atoms. The first-order chi connectivity index (χ1) is 41.1. The number of aldehydes is 1. The minimum atomic E-state index is -1.47. The Balaban J connectivity index is 0.000000180. The molecule has 0 radical (unpaired) electrons. The molecule has 0 unspecified atom stereocenters. The molecule has 8 atom stereocenters. The summed E-state index contributed by atoms with van der Waals surface area (Å²) in [5.41, 5.74) is 6.42. The van der Waals surface area contributed by atoms with Gasteiger partial charge in [-0.3, -0.25) is 44.8 Å². The molecule has 26 heteroatoms. The third-order valence-corrected chi connectivity index (χ3v) is 17.7. The predicted octanol–water partition coefficient (Wildman–Crippen LogP) is 9.77. The van der Waals surface area contributed by atoms with E-state index in [2.05, 4.69) is 27.8 Å². The van der Waals surface area contributed by atoms with Crippen LogP contribution in [0.3, 0.4) is 0 Å². The predicted molar refractivity (Wildman–Crippen MR) is 318 cm³/mol. The van der Waals surface area contributed by atoms with Crippen molar-refractivity contribution in [2.45, 2.75) is 72.9 Å². The number of nitrogens with one attached hydrogen (secondary N) is 4. The first kappa shape index (κ1) is 63.0. The van der Waals surface area contributed by atoms with E-state index in [0.717, 1.165) is 25.3 Å². The van der Waals surface area contributed by atoms with E-state index in [1.807, 2.05) is 4.90 Å². The number of methoxy groups -OCH3 is 2. The molecular formula is C60H56Cl4F2N8O12. The van der Waals surface area contributed by atoms with Crippen LogP contribution in [0.25, 0.3) is 5.76 Å². The molecule has 20 nitrogen and oxygen atoms in total. The number of hydrogen-bond donors (Lipinski definition) is 7. The van der Waals surface area contributed by atoms with Crippen LogP contribution >= 0.6 is 46.4 Å². The van der Waals surface area contributed by atoms with E-state index in [1.165, 1.54) is 50.6 Å². The highest BCUT2D eigenvalue weighted by atomic mass is 35.5. The molecule has 2 saturated heterocycles. The molecule has 0 bridgehead atoms. The summed E-state index contributed by atoms with van der Waals surface area (Å²) in [4.78, 5) is 73.5. The summed E-state index contributed by atoms with van der Waals surface area (Å²) in [6.45, 7) is 3.27. The number of fused-ring (bicyclic) bond motifs is 4. The third-order valence-electron chi connectivity index (χ3n) is 16.7. The lowest BCUT2D eigenvalue weighted by atomic mass is 9.73. The van der Waals surface area contributed by atoms with Crippen molar-refractivity contribution in [2.75, 3.05) is 44.6 Å². The van der Waals surface area contributed by atoms with E-state index in [4.69, 9.17) is 61.6 Å². The number of nitrogens with two attached hydrogens (primary N) is 1. The number of aliphatic hydroxyl groups is 2. The van der Waals surface area contributed by atoms with E-state index in [-0.39, 0.29) is 86.7 Å². The fourth-order valence-corrected chi connectivity index (χ4v) is 13.2. The Labute approximate surface area is 510 Å². The van der Waals surface area contributed by atoms with Crippen molar-refractivity contribution < 1.29 is 57.5 Å². The summed E-state index contributed by atoms with van der Waals surface area (Å²) in [6.07, 6.45) is 3.39. The Kier molecular flexibility index (Phi) is 18.9. The zero-order valence-electron chi connectivity index (χ0n) is 45.8. The Morgan fingerprint density at radius 2 is 1.37 bits per heavy atom. The van der Waals surface area contributed by atoms with Crippen LogP contribution in [0.2, 0.25) is 20.1 Å². The molecule has 6 aromatic rings. The van der Waals surface area contributed by atoms with Crippen LogP contribution in [0.1, 0.15) is 85.2 Å². The number of nitrogens with zero attached hydrogens (tertiary/aromatic N) is 3. The number of amides is 2. The molecule has 0 aromatic heterocycles. The molecule has 4 heterocycles. The lowest BCUT2D eigenvalue weighted by Crippen LogP contribution is -2.54. The Hall–Kier alpha value is -7.48. The van der Waals surface area contributed by atoms with Gasteiger partial charge in [-0.15, -0.1) is 0 Å². The highest BCUT2D eigenvalue weighted by molar-refractivity contribution is 6.32. The van der Waals surface area contributed by atoms with Gasteiger partial charge >= 0.3 is 5.97 Å². The van der Waals surface area contributed by atoms with E-state index in [9.17, 15) is 54.0 Å². The molecule has 1 saturated carbocycles. The summed E-state index contributed by atoms with van der Waals surface area (Å²) < 4.78 is 40.5. The summed E-state index contributed by atoms with van der Waals surface area (Å²) in [5.74, 6) is -3.91. The van der Waals surface area contributed by atoms with Crippen LogP contribution in [0, 0.1) is 37.8 Å². The largest absolute Gasteiger partial charge is 0.497 e. The quantitative estimate of drug-likeness (QED) is 0.0165. The van der Waals surface area contributed by atoms with Crippen molar-refractivity contribution >= 4 is 99.0 Å². The van der Waals surface area contributed by atoms with Gasteiger partial charge < -0.3 is 41.4 Å². The second-order valence-corrected chi connectivity index (χ2v) is 22.8. The molecule has 86 heavy (non-hydrogen) atoms. The molecule has 8 N–H and O–H groups in total. The van der Waals surface area contributed by atoms with Gasteiger partial charge in [-0.1, -0.05) is 108 Å². The van der Waals surface area contributed by atoms with Crippen molar-refractivity contribution in [3.63, 3.8) is 0 Å². The maximum absolute atomic E-state index is 16.1. The topological polar surface area (TPSA) is 291 Å². The number of ether oxygens (including phenoxy) is 2. The fraction of sp³-hybridized carbons (Fsp3) is 0.300. The highest BCUT2D eigenvalue weighted by Gasteiger charge is 2.67. The van der Waals surface area contributed by atoms with Crippen molar-refractivity contribution in [2.24, 2.45) is 11.7 Å². The van der Waals surface area contributed by atoms with Crippen LogP contribution < -0.4 is 27.0 Å². The van der Waals surface area contributed by atoms with Crippen molar-refractivity contribution in [1.29, 1.82) is 0 Å². The number of hydrogen-bond acceptors (Lipinski definition) is 16. The Morgan fingerprint density at radius 3 is 1.93 bits per heavy atom. The van der Waals surface area contributed by atoms with Crippen molar-refractivity contribution in [1.82, 2.24) is 15.5 Å². The number of esters is 1. The molecule has 1 aliphatic carbocycles. The van der Waals surface area contributed by atoms with Gasteiger partial charge in [-0.25, -0.2) is 13.6 Å². The number of benzene rings is 6. The normalized spacial score (nSPS) is 23.4. The van der Waals surface area contributed by atoms with Gasteiger partial charge in [0.15, 0.2) is 6.29 Å². The minimum Gasteiger partial charge on any atom is -0.497 e. The number of likely N-dealkylation sites (tertiary alicyclic amines) is 1. The third kappa shape index (κ3) is 11.3. The highest BCUT2D eigenvalue weighted by Crippen LogP contribution is 2.59. The van der Waals surface area contributed by atoms with E-state index in [0.29, 0.717) is 56.7 Å². The average molecular weight is 1260 g/mol. The van der Waals surface area contributed by atoms with Gasteiger partial charge in [-0.05, 0) is 78.4 Å². The SMILES string of the molecule is C=C(OC)c1ccc(C=O)c([N+](=O)[O-])c1.COC(=O)c1ccc(CN[C@@H]2[C@H](CO)N(CC3CCC3)[C@@]3(C(=O)Nc4cc(Cl)ccc43)[C@H]2c2cccc(Cl)c2F)c([N+](=O)[O-])c1.N[C@@H]1[C@H](CO)N[C@@]2(C(=O)Nc3cc(Cl)ccc32)[C@H]1c1cccc(Cl)c1F. The standard InChI is InChI=1S/C32H31Cl2FN4O6.C18H16Cl2FN3O2.C10H9NO4/c1-45-30(41)18-8-9-19(25(12-18)39(43)44)14-36-29-26(16-40)38(15-17-4-2-5-17)32(27(29)21-6-3-7-23(34)28(21)35)22-11-10-20(33)13-24(22)37-31(32)42;19-8-4-5-10-12(6-8)23-17(26)18(10)14(16(22)13(7-25)24-18)9-2-1-3-11(20)15(9)21;1-7(15-2)8-3-4-9(6-12)10(5-8)11(13)14/h3,6-13,17,26-27,29,36,40H,2,4-5,14-16H2,1H3,(H,37,42);1-6,13-14,16,24-25H,7,22H2,(H,23,26);3-6H,1H2,2H3/t26-,27-,29+,32+;13-,14-,16+,18+;/m00./s1. The number of anilines is 2. The molecule has 2 amide bonds. The lowest BCUT2D eigenvalue weighted by Gasteiger charge is -2.42. The molecule has 4 aliphatic heterocycles. The van der Waals surface area contributed by atoms with Gasteiger partial charge in [0.25, 0.3) is 11.4 Å². The van der Waals surface area contributed by atoms with Gasteiger partial charge in [0.05, 0.1) is 64.5 Å². The van der Waals surface area contributed by atoms with Crippen molar-refractivity contribution in [3.8, 4) is 0 Å². The summed E-state index contributed by atoms with van der Waals surface area (Å²) in [7, 11) is 2.60. The number of carbonyl (C=O) groups is 4. The lowest BCUT2D eigenvalue weighted by molar-refractivity contribution is -0.385. The molecule has 6 aromatic carbocycles. The molecule has 5 aliphatic rings. The summed E-state index contributed by atoms with van der Waals surface area (Å²) >= 11 is 24.6. The van der Waals surface area contributed by atoms with E-state index in [1.54, 1.807) is 66.7 Å². The van der Waals surface area contributed by atoms with Gasteiger partial charge in [0.1, 0.15) is 28.5 Å². The van der Waals surface area contributed by atoms with E-state index < -0.39 is 74.5 Å². The number of carbonyl (C=O) groups excluding carboxylic acids is 4. The first-order valence-corrected chi connectivity index (χ1v) is 28.3. The monoisotopic (exact) mass is 1260 g/mol. The maximum Gasteiger partial charge on any atom is 0.338 e. The summed E-state index contributed by atoms with van der Waals surface area (Å²) in [6, 6.07) is 24.7. The molecular weight excluding hydrogens is 1200 g/mol. The van der Waals surface area contributed by atoms with Gasteiger partial charge in [-0.2, -0.15) is 0 Å². The minimum absolute atomic E-state index is 0.0180. The second-order valence-electron chi connectivity index (χ2n) is 21.1. The zero-order valence-corrected chi connectivity index (χ0v) is 48.9. The Morgan fingerprint density at radius 1 is 0.791 bits per heavy atom. The molecule has 11 rings (SSSR count). The van der Waals surface area contributed by atoms with Gasteiger partial charge in [0, 0.05) is 98.9 Å². The van der Waals surface area contributed by atoms with Crippen LogP contribution in [0.15, 0.2) is 116 Å². The summed E-state index contributed by atoms with van der Waals surface area (Å²) in [5, 5.41) is 56.3. The Bertz CT molecular complexity index is 3710. The van der Waals surface area contributed by atoms with Crippen LogP contribution in [0.4, 0.5) is 31.5 Å². The first-order valence-electron chi connectivity index (χ1n) is 26.8. The average Bonchev–Trinajstić information content (AvgIpc) is 1.55. The van der Waals surface area contributed by atoms with Crippen LogP contribution in [-0.4, -0.2) is 107 Å². The molecule has 3 fully saturated rings. The molecule has 450 valence electrons. The smallest absolute Gasteiger partial charge is 0.338 e. The number of rotatable bonds is 15.